The summed E-state index contributed by atoms with van der Waals surface area (Å²) < 4.78 is 6.30. The molecule has 8 heteroatoms. The van der Waals surface area contributed by atoms with E-state index in [1.54, 1.807) is 0 Å². The van der Waals surface area contributed by atoms with Gasteiger partial charge in [-0.3, -0.25) is 24.5 Å². The van der Waals surface area contributed by atoms with E-state index in [0.717, 1.165) is 23.6 Å². The Morgan fingerprint density at radius 2 is 2.17 bits per heavy atom. The van der Waals surface area contributed by atoms with Gasteiger partial charge in [-0.05, 0) is 6.42 Å². The van der Waals surface area contributed by atoms with Crippen LogP contribution in [0.25, 0.3) is 0 Å². The second-order valence-corrected chi connectivity index (χ2v) is 3.69. The number of hydrogen-bond acceptors (Lipinski definition) is 5. The van der Waals surface area contributed by atoms with Crippen LogP contribution in [0.4, 0.5) is 5.69 Å². The van der Waals surface area contributed by atoms with Crippen molar-refractivity contribution in [3.63, 3.8) is 0 Å². The number of unbranched alkanes of at least 4 members (excludes halogenated alkanes) is 1. The summed E-state index contributed by atoms with van der Waals surface area (Å²) in [5.41, 5.74) is -2.32. The molecule has 1 N–H and O–H groups in total. The summed E-state index contributed by atoms with van der Waals surface area (Å²) in [6.45, 7) is 3.04. The van der Waals surface area contributed by atoms with Gasteiger partial charge in [-0.2, -0.15) is 0 Å². The molecule has 1 aromatic rings. The average molecular weight is 257 g/mol. The fourth-order valence-electron chi connectivity index (χ4n) is 1.31. The highest BCUT2D eigenvalue weighted by Crippen LogP contribution is 1.98. The van der Waals surface area contributed by atoms with E-state index in [4.69, 9.17) is 4.74 Å². The number of hydrogen-bond donors (Lipinski definition) is 1. The number of aromatic amines is 1. The number of aromatic nitrogens is 2. The molecule has 0 radical (unpaired) electrons. The topological polar surface area (TPSA) is 107 Å². The van der Waals surface area contributed by atoms with Crippen molar-refractivity contribution in [3.05, 3.63) is 37.1 Å². The van der Waals surface area contributed by atoms with Crippen LogP contribution in [0.1, 0.15) is 19.8 Å². The second kappa shape index (κ2) is 6.70. The van der Waals surface area contributed by atoms with E-state index in [1.807, 2.05) is 11.9 Å². The lowest BCUT2D eigenvalue weighted by Crippen LogP contribution is -2.31. The first-order valence-electron chi connectivity index (χ1n) is 5.62. The molecule has 18 heavy (non-hydrogen) atoms. The monoisotopic (exact) mass is 257 g/mol. The molecule has 0 aliphatic carbocycles. The number of nitrogens with zero attached hydrogens (tertiary/aromatic N) is 2. The first-order chi connectivity index (χ1) is 8.56. The minimum atomic E-state index is -0.992. The molecule has 0 saturated heterocycles. The number of nitrogens with one attached hydrogen (secondary N) is 1. The molecule has 0 fully saturated rings. The lowest BCUT2D eigenvalue weighted by molar-refractivity contribution is -0.386. The quantitative estimate of drug-likeness (QED) is 0.428. The highest BCUT2D eigenvalue weighted by atomic mass is 16.6. The van der Waals surface area contributed by atoms with Gasteiger partial charge in [-0.15, -0.1) is 0 Å². The fourth-order valence-corrected chi connectivity index (χ4v) is 1.31. The van der Waals surface area contributed by atoms with Gasteiger partial charge in [0.2, 0.25) is 0 Å². The van der Waals surface area contributed by atoms with Crippen molar-refractivity contribution in [2.75, 3.05) is 13.2 Å². The molecule has 1 rings (SSSR count). The van der Waals surface area contributed by atoms with Crippen LogP contribution in [0.5, 0.6) is 0 Å². The highest BCUT2D eigenvalue weighted by molar-refractivity contribution is 5.20. The Balaban J connectivity index is 2.71. The highest BCUT2D eigenvalue weighted by Gasteiger charge is 2.14. The zero-order chi connectivity index (χ0) is 13.5. The molecule has 8 nitrogen and oxygen atoms in total. The van der Waals surface area contributed by atoms with Crippen LogP contribution >= 0.6 is 0 Å². The minimum Gasteiger partial charge on any atom is -0.380 e. The van der Waals surface area contributed by atoms with Gasteiger partial charge >= 0.3 is 16.9 Å². The van der Waals surface area contributed by atoms with Gasteiger partial charge in [-0.1, -0.05) is 13.3 Å². The molecule has 0 saturated carbocycles. The summed E-state index contributed by atoms with van der Waals surface area (Å²) in [6.07, 6.45) is 2.86. The Morgan fingerprint density at radius 1 is 1.44 bits per heavy atom. The molecule has 1 heterocycles. The minimum absolute atomic E-state index is 0.167. The lowest BCUT2D eigenvalue weighted by atomic mass is 10.4. The Hall–Kier alpha value is -1.96. The van der Waals surface area contributed by atoms with Crippen molar-refractivity contribution in [1.29, 1.82) is 0 Å². The Labute approximate surface area is 102 Å². The molecule has 0 spiro atoms. The molecular formula is C10H15N3O5. The second-order valence-electron chi connectivity index (χ2n) is 3.69. The number of H-pyrrole nitrogens is 1. The van der Waals surface area contributed by atoms with Crippen molar-refractivity contribution in [1.82, 2.24) is 9.55 Å². The van der Waals surface area contributed by atoms with E-state index in [9.17, 15) is 19.7 Å². The third kappa shape index (κ3) is 3.81. The van der Waals surface area contributed by atoms with Crippen LogP contribution in [0, 0.1) is 10.1 Å². The van der Waals surface area contributed by atoms with E-state index >= 15 is 0 Å². The van der Waals surface area contributed by atoms with Crippen molar-refractivity contribution >= 4 is 5.69 Å². The van der Waals surface area contributed by atoms with Crippen LogP contribution in [-0.2, 0) is 11.3 Å². The van der Waals surface area contributed by atoms with Gasteiger partial charge in [0.1, 0.15) is 0 Å². The van der Waals surface area contributed by atoms with Crippen LogP contribution in [0.2, 0.25) is 0 Å². The van der Waals surface area contributed by atoms with Crippen LogP contribution in [-0.4, -0.2) is 27.7 Å². The summed E-state index contributed by atoms with van der Waals surface area (Å²) in [5, 5.41) is 10.5. The summed E-state index contributed by atoms with van der Waals surface area (Å²) in [4.78, 5) is 34.1. The zero-order valence-corrected chi connectivity index (χ0v) is 10.0. The molecule has 0 aliphatic heterocycles. The first-order valence-corrected chi connectivity index (χ1v) is 5.62. The SMILES string of the molecule is CCCCOCCn1cc([N+](=O)[O-])c(=O)[nH]c1=O. The maximum absolute atomic E-state index is 11.4. The van der Waals surface area contributed by atoms with Gasteiger partial charge in [-0.25, -0.2) is 4.79 Å². The van der Waals surface area contributed by atoms with Gasteiger partial charge in [0.15, 0.2) is 0 Å². The first kappa shape index (κ1) is 14.1. The standard InChI is InChI=1S/C10H15N3O5/c1-2-3-5-18-6-4-12-7-8(13(16)17)9(14)11-10(12)15/h7H,2-6H2,1H3,(H,11,14,15). The summed E-state index contributed by atoms with van der Waals surface area (Å²) in [6, 6.07) is 0. The molecule has 0 aliphatic rings. The molecule has 0 unspecified atom stereocenters. The van der Waals surface area contributed by atoms with Crippen molar-refractivity contribution < 1.29 is 9.66 Å². The van der Waals surface area contributed by atoms with E-state index in [-0.39, 0.29) is 13.2 Å². The average Bonchev–Trinajstić information content (AvgIpc) is 2.30. The number of nitro groups is 1. The van der Waals surface area contributed by atoms with E-state index < -0.39 is 21.9 Å². The van der Waals surface area contributed by atoms with Crippen LogP contribution in [0.15, 0.2) is 15.8 Å². The summed E-state index contributed by atoms with van der Waals surface area (Å²) in [5.74, 6) is 0. The smallest absolute Gasteiger partial charge is 0.350 e. The maximum Gasteiger partial charge on any atom is 0.350 e. The molecule has 100 valence electrons. The van der Waals surface area contributed by atoms with Crippen LogP contribution < -0.4 is 11.2 Å². The zero-order valence-electron chi connectivity index (χ0n) is 10.0. The number of ether oxygens (including phenoxy) is 1. The van der Waals surface area contributed by atoms with Crippen molar-refractivity contribution in [2.24, 2.45) is 0 Å². The molecular weight excluding hydrogens is 242 g/mol. The molecule has 0 atom stereocenters. The Morgan fingerprint density at radius 3 is 2.78 bits per heavy atom. The van der Waals surface area contributed by atoms with Crippen molar-refractivity contribution in [3.8, 4) is 0 Å². The molecule has 0 aromatic carbocycles. The van der Waals surface area contributed by atoms with Crippen molar-refractivity contribution in [2.45, 2.75) is 26.3 Å². The number of rotatable bonds is 7. The predicted octanol–water partition coefficient (Wildman–Crippen LogP) is 0.262. The summed E-state index contributed by atoms with van der Waals surface area (Å²) >= 11 is 0. The third-order valence-electron chi connectivity index (χ3n) is 2.31. The largest absolute Gasteiger partial charge is 0.380 e. The van der Waals surface area contributed by atoms with Gasteiger partial charge in [0, 0.05) is 6.61 Å². The maximum atomic E-state index is 11.4. The van der Waals surface area contributed by atoms with E-state index in [0.29, 0.717) is 6.61 Å². The third-order valence-corrected chi connectivity index (χ3v) is 2.31. The van der Waals surface area contributed by atoms with Gasteiger partial charge < -0.3 is 4.74 Å². The van der Waals surface area contributed by atoms with Gasteiger partial charge in [0.05, 0.1) is 24.3 Å². The van der Waals surface area contributed by atoms with E-state index in [1.165, 1.54) is 0 Å². The predicted molar refractivity (Wildman–Crippen MR) is 63.7 cm³/mol. The van der Waals surface area contributed by atoms with Crippen LogP contribution in [0.3, 0.4) is 0 Å². The summed E-state index contributed by atoms with van der Waals surface area (Å²) in [7, 11) is 0. The fraction of sp³-hybridized carbons (Fsp3) is 0.600. The Kier molecular flexibility index (Phi) is 5.25. The molecule has 1 aromatic heterocycles. The van der Waals surface area contributed by atoms with Gasteiger partial charge in [0.25, 0.3) is 0 Å². The molecule has 0 amide bonds. The normalized spacial score (nSPS) is 10.5. The lowest BCUT2D eigenvalue weighted by Gasteiger charge is -2.05. The molecule has 0 bridgehead atoms. The van der Waals surface area contributed by atoms with E-state index in [2.05, 4.69) is 0 Å². The Bertz CT molecular complexity index is 519.